The highest BCUT2D eigenvalue weighted by Crippen LogP contribution is 2.73. The molecule has 0 amide bonds. The number of aliphatic hydroxyl groups excluding tert-OH is 1. The molecule has 0 aromatic heterocycles. The third kappa shape index (κ3) is 3.23. The van der Waals surface area contributed by atoms with Crippen LogP contribution in [0.3, 0.4) is 0 Å². The van der Waals surface area contributed by atoms with Gasteiger partial charge in [-0.15, -0.1) is 0 Å². The largest absolute Gasteiger partial charge is 0.390 e. The van der Waals surface area contributed by atoms with Crippen LogP contribution in [0.1, 0.15) is 99.8 Å². The fourth-order valence-corrected chi connectivity index (χ4v) is 10.1. The van der Waals surface area contributed by atoms with Gasteiger partial charge in [0.25, 0.3) is 0 Å². The summed E-state index contributed by atoms with van der Waals surface area (Å²) in [5, 5.41) is 21.3. The van der Waals surface area contributed by atoms with Crippen molar-refractivity contribution in [2.75, 3.05) is 6.61 Å². The minimum Gasteiger partial charge on any atom is -0.390 e. The molecule has 0 bridgehead atoms. The first kappa shape index (κ1) is 25.0. The molecule has 4 nitrogen and oxygen atoms in total. The highest BCUT2D eigenvalue weighted by molar-refractivity contribution is 5.85. The second kappa shape index (κ2) is 7.65. The van der Waals surface area contributed by atoms with Crippen LogP contribution < -0.4 is 0 Å². The monoisotopic (exact) mass is 472 g/mol. The van der Waals surface area contributed by atoms with Gasteiger partial charge < -0.3 is 14.9 Å². The summed E-state index contributed by atoms with van der Waals surface area (Å²) >= 11 is 0. The van der Waals surface area contributed by atoms with E-state index in [1.165, 1.54) is 25.7 Å². The molecule has 5 aliphatic rings. The first-order valence-electron chi connectivity index (χ1n) is 13.9. The van der Waals surface area contributed by atoms with Gasteiger partial charge in [-0.2, -0.15) is 0 Å². The smallest absolute Gasteiger partial charge is 0.138 e. The van der Waals surface area contributed by atoms with E-state index in [1.807, 2.05) is 0 Å². The lowest BCUT2D eigenvalue weighted by atomic mass is 9.41. The predicted octanol–water partition coefficient (Wildman–Crippen LogP) is 5.70. The van der Waals surface area contributed by atoms with Crippen molar-refractivity contribution in [1.29, 1.82) is 0 Å². The molecule has 0 radical (unpaired) electrons. The number of carbonyl (C=O) groups is 1. The second-order valence-corrected chi connectivity index (χ2v) is 14.6. The number of Topliss-reactive ketones (excluding diaryl/α,β-unsaturated/α-hetero) is 1. The zero-order valence-electron chi connectivity index (χ0n) is 22.6. The maximum absolute atomic E-state index is 12.8. The van der Waals surface area contributed by atoms with Crippen molar-refractivity contribution >= 4 is 5.78 Å². The molecule has 5 rings (SSSR count). The summed E-state index contributed by atoms with van der Waals surface area (Å²) in [6, 6.07) is 0. The Balaban J connectivity index is 1.43. The topological polar surface area (TPSA) is 66.8 Å². The Labute approximate surface area is 206 Å². The van der Waals surface area contributed by atoms with Crippen LogP contribution in [-0.4, -0.2) is 40.4 Å². The molecule has 3 saturated carbocycles. The lowest BCUT2D eigenvalue weighted by molar-refractivity contribution is -0.187. The molecule has 0 spiro atoms. The van der Waals surface area contributed by atoms with Crippen LogP contribution in [0.2, 0.25) is 0 Å². The Morgan fingerprint density at radius 2 is 1.76 bits per heavy atom. The second-order valence-electron chi connectivity index (χ2n) is 14.6. The lowest BCUT2D eigenvalue weighted by Gasteiger charge is -2.63. The van der Waals surface area contributed by atoms with Crippen molar-refractivity contribution in [3.63, 3.8) is 0 Å². The normalized spacial score (nSPS) is 50.7. The predicted molar refractivity (Wildman–Crippen MR) is 134 cm³/mol. The van der Waals surface area contributed by atoms with Crippen LogP contribution >= 0.6 is 0 Å². The first-order chi connectivity index (χ1) is 15.7. The third-order valence-electron chi connectivity index (χ3n) is 12.3. The number of hydrogen-bond donors (Lipinski definition) is 2. The van der Waals surface area contributed by atoms with E-state index in [2.05, 4.69) is 40.7 Å². The molecule has 4 fully saturated rings. The molecule has 0 aromatic carbocycles. The van der Waals surface area contributed by atoms with Crippen molar-refractivity contribution in [3.05, 3.63) is 11.6 Å². The molecule has 4 aliphatic carbocycles. The Bertz CT molecular complexity index is 883. The molecule has 9 atom stereocenters. The van der Waals surface area contributed by atoms with Crippen LogP contribution in [0.5, 0.6) is 0 Å². The maximum Gasteiger partial charge on any atom is 0.138 e. The number of fused-ring (bicyclic) bond motifs is 5. The molecule has 1 aliphatic heterocycles. The molecule has 0 aromatic rings. The number of carbonyl (C=O) groups excluding carboxylic acids is 1. The average Bonchev–Trinajstić information content (AvgIpc) is 3.02. The summed E-state index contributed by atoms with van der Waals surface area (Å²) in [7, 11) is 0. The van der Waals surface area contributed by atoms with E-state index in [1.54, 1.807) is 19.4 Å². The van der Waals surface area contributed by atoms with Crippen molar-refractivity contribution in [2.24, 2.45) is 45.3 Å². The van der Waals surface area contributed by atoms with Crippen LogP contribution in [0.25, 0.3) is 0 Å². The first-order valence-corrected chi connectivity index (χ1v) is 13.9. The molecule has 0 unspecified atom stereocenters. The number of allylic oxidation sites excluding steroid dienone is 2. The molecule has 192 valence electrons. The fourth-order valence-electron chi connectivity index (χ4n) is 10.1. The zero-order chi connectivity index (χ0) is 24.9. The molecule has 4 heteroatoms. The average molecular weight is 473 g/mol. The van der Waals surface area contributed by atoms with Crippen molar-refractivity contribution in [2.45, 2.75) is 118 Å². The van der Waals surface area contributed by atoms with E-state index < -0.39 is 17.8 Å². The van der Waals surface area contributed by atoms with Crippen LogP contribution in [0, 0.1) is 45.3 Å². The van der Waals surface area contributed by atoms with Crippen molar-refractivity contribution in [3.8, 4) is 0 Å². The fraction of sp³-hybridized carbons (Fsp3) is 0.900. The minimum atomic E-state index is -1.02. The highest BCUT2D eigenvalue weighted by atomic mass is 16.5. The van der Waals surface area contributed by atoms with Gasteiger partial charge in [0, 0.05) is 11.8 Å². The Hall–Kier alpha value is -0.710. The van der Waals surface area contributed by atoms with Gasteiger partial charge in [0.05, 0.1) is 18.3 Å². The van der Waals surface area contributed by atoms with Crippen LogP contribution in [0.15, 0.2) is 11.6 Å². The van der Waals surface area contributed by atoms with Gasteiger partial charge in [-0.05, 0) is 98.7 Å². The number of aliphatic hydroxyl groups is 2. The molecular formula is C30H48O4. The van der Waals surface area contributed by atoms with Gasteiger partial charge in [0.1, 0.15) is 11.9 Å². The summed E-state index contributed by atoms with van der Waals surface area (Å²) in [6.07, 6.45) is 9.84. The number of hydrogen-bond acceptors (Lipinski definition) is 4. The minimum absolute atomic E-state index is 0.179. The Morgan fingerprint density at radius 3 is 2.41 bits per heavy atom. The van der Waals surface area contributed by atoms with Crippen molar-refractivity contribution < 1.29 is 19.7 Å². The number of rotatable bonds is 2. The maximum atomic E-state index is 12.8. The summed E-state index contributed by atoms with van der Waals surface area (Å²) in [4.78, 5) is 12.8. The zero-order valence-corrected chi connectivity index (χ0v) is 22.6. The third-order valence-corrected chi connectivity index (χ3v) is 12.3. The van der Waals surface area contributed by atoms with Gasteiger partial charge in [0.15, 0.2) is 0 Å². The van der Waals surface area contributed by atoms with Crippen LogP contribution in [-0.2, 0) is 9.53 Å². The lowest BCUT2D eigenvalue weighted by Crippen LogP contribution is -2.58. The van der Waals surface area contributed by atoms with Gasteiger partial charge in [0.2, 0.25) is 0 Å². The van der Waals surface area contributed by atoms with E-state index in [0.29, 0.717) is 36.1 Å². The molecule has 1 saturated heterocycles. The molecule has 2 N–H and O–H groups in total. The quantitative estimate of drug-likeness (QED) is 0.506. The summed E-state index contributed by atoms with van der Waals surface area (Å²) < 4.78 is 6.12. The van der Waals surface area contributed by atoms with E-state index >= 15 is 0 Å². The van der Waals surface area contributed by atoms with Crippen molar-refractivity contribution in [1.82, 2.24) is 0 Å². The van der Waals surface area contributed by atoms with E-state index in [4.69, 9.17) is 4.74 Å². The summed E-state index contributed by atoms with van der Waals surface area (Å²) in [5.74, 6) is 2.37. The van der Waals surface area contributed by atoms with E-state index in [0.717, 1.165) is 25.7 Å². The Morgan fingerprint density at radius 1 is 1.06 bits per heavy atom. The van der Waals surface area contributed by atoms with Gasteiger partial charge >= 0.3 is 0 Å². The highest BCUT2D eigenvalue weighted by Gasteiger charge is 2.66. The van der Waals surface area contributed by atoms with E-state index in [9.17, 15) is 15.0 Å². The van der Waals surface area contributed by atoms with Crippen LogP contribution in [0.4, 0.5) is 0 Å². The summed E-state index contributed by atoms with van der Waals surface area (Å²) in [5.41, 5.74) is 1.05. The SMILES string of the molecule is CC(C)(O)[C@@H]1OC[C@H]([C@@H]2CC[C@]3(C)C4=CC[C@H]5C(C)(C)C(=O)CC[C@]5(C)[C@H]4CC[C@@]23C)C[C@H]1O. The van der Waals surface area contributed by atoms with Gasteiger partial charge in [-0.1, -0.05) is 46.3 Å². The molecule has 34 heavy (non-hydrogen) atoms. The standard InChI is InChI=1S/C30H48O4/c1-26(2)23-9-8-21-20(28(23,5)13-12-24(26)32)11-15-29(6)19(10-14-30(21,29)7)18-16-22(31)25(34-17-18)27(3,4)33/h8,18-20,22-23,25,31,33H,9-17H2,1-7H3/t18-,19+,20+,22-,23+,25-,28-,29+,30-/m1/s1. The molecule has 1 heterocycles. The van der Waals surface area contributed by atoms with E-state index in [-0.39, 0.29) is 21.7 Å². The number of ketones is 1. The number of ether oxygens (including phenoxy) is 1. The van der Waals surface area contributed by atoms with Gasteiger partial charge in [-0.25, -0.2) is 0 Å². The molecular weight excluding hydrogens is 424 g/mol. The van der Waals surface area contributed by atoms with Gasteiger partial charge in [-0.3, -0.25) is 4.79 Å². The summed E-state index contributed by atoms with van der Waals surface area (Å²) in [6.45, 7) is 16.1. The Kier molecular flexibility index (Phi) is 5.62.